The first kappa shape index (κ1) is 17.9. The molecule has 0 fully saturated rings. The Morgan fingerprint density at radius 3 is 3.00 bits per heavy atom. The minimum Gasteiger partial charge on any atom is -0.495 e. The summed E-state index contributed by atoms with van der Waals surface area (Å²) in [6.07, 6.45) is 0.806. The van der Waals surface area contributed by atoms with Crippen molar-refractivity contribution in [1.82, 2.24) is 9.55 Å². The van der Waals surface area contributed by atoms with Crippen molar-refractivity contribution < 1.29 is 9.53 Å². The molecule has 0 saturated heterocycles. The fourth-order valence-corrected chi connectivity index (χ4v) is 4.50. The molecule has 132 valence electrons. The molecule has 8 heteroatoms. The van der Waals surface area contributed by atoms with Crippen molar-refractivity contribution >= 4 is 35.1 Å². The molecule has 0 radical (unpaired) electrons. The number of nitrogens with one attached hydrogen (secondary N) is 1. The van der Waals surface area contributed by atoms with E-state index in [4.69, 9.17) is 4.74 Å². The Morgan fingerprint density at radius 1 is 1.44 bits per heavy atom. The van der Waals surface area contributed by atoms with Crippen molar-refractivity contribution in [2.45, 2.75) is 29.9 Å². The van der Waals surface area contributed by atoms with Crippen LogP contribution >= 0.6 is 23.5 Å². The van der Waals surface area contributed by atoms with E-state index in [9.17, 15) is 9.59 Å². The normalized spacial score (nSPS) is 12.7. The second-order valence-corrected chi connectivity index (χ2v) is 7.40. The van der Waals surface area contributed by atoms with Gasteiger partial charge in [-0.05, 0) is 19.1 Å². The number of hydrogen-bond acceptors (Lipinski definition) is 6. The number of hydrogen-bond donors (Lipinski definition) is 1. The summed E-state index contributed by atoms with van der Waals surface area (Å²) in [7, 11) is 1.56. The number of para-hydroxylation sites is 2. The van der Waals surface area contributed by atoms with E-state index in [0.717, 1.165) is 22.8 Å². The Hall–Kier alpha value is -1.93. The number of amides is 1. The van der Waals surface area contributed by atoms with Gasteiger partial charge in [-0.2, -0.15) is 0 Å². The Labute approximate surface area is 154 Å². The van der Waals surface area contributed by atoms with Gasteiger partial charge in [-0.25, -0.2) is 4.98 Å². The van der Waals surface area contributed by atoms with Crippen LogP contribution in [-0.4, -0.2) is 34.1 Å². The van der Waals surface area contributed by atoms with E-state index < -0.39 is 0 Å². The molecule has 1 amide bonds. The standard InChI is InChI=1S/C17H19N3O3S2/c1-3-20-16(22)15-12(8-9-24-15)19-17(20)25-10-14(21)18-11-6-4-5-7-13(11)23-2/h4-7H,3,8-10H2,1-2H3,(H,18,21). The van der Waals surface area contributed by atoms with Gasteiger partial charge in [-0.3, -0.25) is 14.2 Å². The maximum Gasteiger partial charge on any atom is 0.268 e. The van der Waals surface area contributed by atoms with E-state index >= 15 is 0 Å². The number of fused-ring (bicyclic) bond motifs is 1. The van der Waals surface area contributed by atoms with Crippen LogP contribution in [0.2, 0.25) is 0 Å². The SMILES string of the molecule is CCn1c(SCC(=O)Nc2ccccc2OC)nc2c(c1=O)SCC2. The van der Waals surface area contributed by atoms with Gasteiger partial charge >= 0.3 is 0 Å². The molecule has 0 bridgehead atoms. The van der Waals surface area contributed by atoms with Crippen LogP contribution in [0.4, 0.5) is 5.69 Å². The average molecular weight is 377 g/mol. The van der Waals surface area contributed by atoms with Crippen molar-refractivity contribution in [1.29, 1.82) is 0 Å². The topological polar surface area (TPSA) is 73.2 Å². The lowest BCUT2D eigenvalue weighted by molar-refractivity contribution is -0.113. The van der Waals surface area contributed by atoms with Crippen molar-refractivity contribution in [2.75, 3.05) is 23.9 Å². The maximum atomic E-state index is 12.5. The van der Waals surface area contributed by atoms with E-state index in [1.54, 1.807) is 35.6 Å². The molecule has 1 N–H and O–H groups in total. The monoisotopic (exact) mass is 377 g/mol. The van der Waals surface area contributed by atoms with Gasteiger partial charge in [0.2, 0.25) is 5.91 Å². The summed E-state index contributed by atoms with van der Waals surface area (Å²) in [5.41, 5.74) is 1.48. The molecule has 3 rings (SSSR count). The molecule has 0 saturated carbocycles. The van der Waals surface area contributed by atoms with E-state index in [2.05, 4.69) is 10.3 Å². The predicted molar refractivity (Wildman–Crippen MR) is 101 cm³/mol. The fourth-order valence-electron chi connectivity index (χ4n) is 2.58. The molecule has 25 heavy (non-hydrogen) atoms. The van der Waals surface area contributed by atoms with Crippen LogP contribution in [0.3, 0.4) is 0 Å². The average Bonchev–Trinajstić information content (AvgIpc) is 3.09. The molecule has 0 atom stereocenters. The number of nitrogens with zero attached hydrogens (tertiary/aromatic N) is 2. The second-order valence-electron chi connectivity index (χ2n) is 5.36. The van der Waals surface area contributed by atoms with Gasteiger partial charge in [0.15, 0.2) is 5.16 Å². The molecule has 0 aliphatic carbocycles. The smallest absolute Gasteiger partial charge is 0.268 e. The van der Waals surface area contributed by atoms with Crippen molar-refractivity contribution in [3.8, 4) is 5.75 Å². The van der Waals surface area contributed by atoms with E-state index in [1.165, 1.54) is 11.8 Å². The number of aromatic nitrogens is 2. The van der Waals surface area contributed by atoms with Gasteiger partial charge in [-0.15, -0.1) is 11.8 Å². The number of ether oxygens (including phenoxy) is 1. The summed E-state index contributed by atoms with van der Waals surface area (Å²) in [6, 6.07) is 7.25. The first-order chi connectivity index (χ1) is 12.1. The first-order valence-electron chi connectivity index (χ1n) is 7.96. The Bertz CT molecular complexity index is 852. The minimum atomic E-state index is -0.165. The highest BCUT2D eigenvalue weighted by Crippen LogP contribution is 2.29. The van der Waals surface area contributed by atoms with E-state index in [1.807, 2.05) is 19.1 Å². The quantitative estimate of drug-likeness (QED) is 0.616. The third kappa shape index (κ3) is 3.85. The van der Waals surface area contributed by atoms with Crippen LogP contribution in [0.1, 0.15) is 12.6 Å². The van der Waals surface area contributed by atoms with Crippen molar-refractivity contribution in [3.63, 3.8) is 0 Å². The van der Waals surface area contributed by atoms with Crippen LogP contribution < -0.4 is 15.6 Å². The molecule has 1 aliphatic rings. The third-order valence-electron chi connectivity index (χ3n) is 3.78. The minimum absolute atomic E-state index is 0.00244. The summed E-state index contributed by atoms with van der Waals surface area (Å²) in [6.45, 7) is 2.45. The van der Waals surface area contributed by atoms with Crippen molar-refractivity contribution in [3.05, 3.63) is 40.3 Å². The number of benzene rings is 1. The molecule has 1 aromatic heterocycles. The van der Waals surface area contributed by atoms with Crippen LogP contribution in [0.15, 0.2) is 39.1 Å². The molecule has 2 aromatic rings. The number of thioether (sulfide) groups is 2. The molecule has 6 nitrogen and oxygen atoms in total. The number of aryl methyl sites for hydroxylation is 1. The number of rotatable bonds is 6. The van der Waals surface area contributed by atoms with Gasteiger partial charge in [-0.1, -0.05) is 23.9 Å². The lowest BCUT2D eigenvalue weighted by Gasteiger charge is -2.12. The molecule has 1 aromatic carbocycles. The molecule has 0 unspecified atom stereocenters. The van der Waals surface area contributed by atoms with Crippen LogP contribution in [0.5, 0.6) is 5.75 Å². The molecule has 1 aliphatic heterocycles. The number of anilines is 1. The van der Waals surface area contributed by atoms with Crippen LogP contribution in [0, 0.1) is 0 Å². The number of carbonyl (C=O) groups excluding carboxylic acids is 1. The maximum absolute atomic E-state index is 12.5. The van der Waals surface area contributed by atoms with Gasteiger partial charge in [0.05, 0.1) is 29.1 Å². The molecule has 0 spiro atoms. The lowest BCUT2D eigenvalue weighted by Crippen LogP contribution is -2.25. The third-order valence-corrected chi connectivity index (χ3v) is 5.86. The van der Waals surface area contributed by atoms with Crippen molar-refractivity contribution in [2.24, 2.45) is 0 Å². The highest BCUT2D eigenvalue weighted by Gasteiger charge is 2.21. The Balaban J connectivity index is 1.72. The zero-order chi connectivity index (χ0) is 17.8. The number of carbonyl (C=O) groups is 1. The summed E-state index contributed by atoms with van der Waals surface area (Å²) >= 11 is 2.85. The summed E-state index contributed by atoms with van der Waals surface area (Å²) in [4.78, 5) is 30.1. The molecular formula is C17H19N3O3S2. The highest BCUT2D eigenvalue weighted by atomic mass is 32.2. The predicted octanol–water partition coefficient (Wildman–Crippen LogP) is 2.65. The Morgan fingerprint density at radius 2 is 2.24 bits per heavy atom. The number of methoxy groups -OCH3 is 1. The molecule has 2 heterocycles. The summed E-state index contributed by atoms with van der Waals surface area (Å²) in [5, 5.41) is 3.43. The summed E-state index contributed by atoms with van der Waals surface area (Å²) in [5.74, 6) is 1.51. The fraction of sp³-hybridized carbons (Fsp3) is 0.353. The largest absolute Gasteiger partial charge is 0.495 e. The lowest BCUT2D eigenvalue weighted by atomic mass is 10.3. The molecular weight excluding hydrogens is 358 g/mol. The van der Waals surface area contributed by atoms with Gasteiger partial charge in [0.1, 0.15) is 5.75 Å². The van der Waals surface area contributed by atoms with Gasteiger partial charge < -0.3 is 10.1 Å². The first-order valence-corrected chi connectivity index (χ1v) is 9.93. The van der Waals surface area contributed by atoms with Gasteiger partial charge in [0, 0.05) is 18.7 Å². The second kappa shape index (κ2) is 7.97. The zero-order valence-corrected chi connectivity index (χ0v) is 15.7. The van der Waals surface area contributed by atoms with E-state index in [-0.39, 0.29) is 17.2 Å². The highest BCUT2D eigenvalue weighted by molar-refractivity contribution is 8.00. The summed E-state index contributed by atoms with van der Waals surface area (Å²) < 4.78 is 6.87. The van der Waals surface area contributed by atoms with Crippen LogP contribution in [-0.2, 0) is 17.8 Å². The zero-order valence-electron chi connectivity index (χ0n) is 14.1. The Kier molecular flexibility index (Phi) is 5.70. The van der Waals surface area contributed by atoms with Gasteiger partial charge in [0.25, 0.3) is 5.56 Å². The van der Waals surface area contributed by atoms with E-state index in [0.29, 0.717) is 23.1 Å². The van der Waals surface area contributed by atoms with Crippen LogP contribution in [0.25, 0.3) is 0 Å².